The zero-order valence-electron chi connectivity index (χ0n) is 19.3. The SMILES string of the molecule is C[Si]O[Si](CCOC(=O)C(C)(C)C(C)(C(=O)OCO)C(C)(C)C(=O)O)(O[Si]C)O[Si]C. The van der Waals surface area contributed by atoms with E-state index in [-0.39, 0.29) is 41.9 Å². The summed E-state index contributed by atoms with van der Waals surface area (Å²) < 4.78 is 27.5. The minimum absolute atomic E-state index is 0.0907. The molecule has 0 fully saturated rings. The van der Waals surface area contributed by atoms with Gasteiger partial charge in [-0.15, -0.1) is 0 Å². The summed E-state index contributed by atoms with van der Waals surface area (Å²) in [6.07, 6.45) is 0. The van der Waals surface area contributed by atoms with Crippen molar-refractivity contribution < 1.29 is 46.4 Å². The first-order valence-corrected chi connectivity index (χ1v) is 15.6. The highest BCUT2D eigenvalue weighted by atomic mass is 28.5. The standard InChI is InChI=1S/C17H32O10Si4/c1-15(2,12(19)20)17(5,14(22)24-11-18)16(3,4)13(21)23-9-10-31(25-28-6,26-29-7)27-30-8/h18H,9-11H2,1-8H3,(H,19,20). The lowest BCUT2D eigenvalue weighted by molar-refractivity contribution is -0.199. The van der Waals surface area contributed by atoms with E-state index in [0.717, 1.165) is 0 Å². The highest BCUT2D eigenvalue weighted by Gasteiger charge is 2.64. The Morgan fingerprint density at radius 3 is 1.61 bits per heavy atom. The van der Waals surface area contributed by atoms with E-state index in [4.69, 9.17) is 26.9 Å². The first-order chi connectivity index (χ1) is 14.2. The van der Waals surface area contributed by atoms with Crippen LogP contribution in [0.4, 0.5) is 0 Å². The van der Waals surface area contributed by atoms with Crippen LogP contribution in [0, 0.1) is 16.2 Å². The fraction of sp³-hybridized carbons (Fsp3) is 0.824. The van der Waals surface area contributed by atoms with Gasteiger partial charge < -0.3 is 32.0 Å². The van der Waals surface area contributed by atoms with Gasteiger partial charge in [0.05, 0.1) is 22.9 Å². The van der Waals surface area contributed by atoms with Crippen molar-refractivity contribution in [2.75, 3.05) is 13.4 Å². The maximum Gasteiger partial charge on any atom is 0.472 e. The van der Waals surface area contributed by atoms with Gasteiger partial charge in [-0.3, -0.25) is 14.4 Å². The van der Waals surface area contributed by atoms with Gasteiger partial charge in [0, 0.05) is 6.04 Å². The van der Waals surface area contributed by atoms with Gasteiger partial charge in [0.25, 0.3) is 0 Å². The van der Waals surface area contributed by atoms with Gasteiger partial charge in [-0.1, -0.05) is 0 Å². The fourth-order valence-electron chi connectivity index (χ4n) is 3.04. The molecule has 0 aromatic carbocycles. The van der Waals surface area contributed by atoms with Gasteiger partial charge in [0.15, 0.2) is 6.79 Å². The van der Waals surface area contributed by atoms with Gasteiger partial charge in [0.2, 0.25) is 29.3 Å². The molecular formula is C17H32O10Si4. The molecule has 10 nitrogen and oxygen atoms in total. The molecule has 6 radical (unpaired) electrons. The minimum atomic E-state index is -3.02. The molecule has 0 rings (SSSR count). The highest BCUT2D eigenvalue weighted by Crippen LogP contribution is 2.53. The molecule has 0 saturated heterocycles. The van der Waals surface area contributed by atoms with Crippen molar-refractivity contribution in [2.45, 2.75) is 60.3 Å². The smallest absolute Gasteiger partial charge is 0.472 e. The van der Waals surface area contributed by atoms with Gasteiger partial charge in [-0.05, 0) is 54.3 Å². The maximum absolute atomic E-state index is 13.1. The van der Waals surface area contributed by atoms with Crippen LogP contribution in [0.5, 0.6) is 0 Å². The second-order valence-electron chi connectivity index (χ2n) is 7.73. The van der Waals surface area contributed by atoms with Crippen LogP contribution in [0.25, 0.3) is 0 Å². The van der Waals surface area contributed by atoms with Crippen LogP contribution in [0.3, 0.4) is 0 Å². The zero-order chi connectivity index (χ0) is 24.5. The van der Waals surface area contributed by atoms with Crippen molar-refractivity contribution in [2.24, 2.45) is 16.2 Å². The van der Waals surface area contributed by atoms with Crippen molar-refractivity contribution in [3.63, 3.8) is 0 Å². The van der Waals surface area contributed by atoms with Crippen molar-refractivity contribution in [1.29, 1.82) is 0 Å². The number of aliphatic hydroxyl groups is 1. The summed E-state index contributed by atoms with van der Waals surface area (Å²) in [4.78, 5) is 37.8. The molecule has 0 spiro atoms. The van der Waals surface area contributed by atoms with Gasteiger partial charge >= 0.3 is 26.7 Å². The number of hydrogen-bond donors (Lipinski definition) is 2. The molecule has 0 saturated carbocycles. The number of carbonyl (C=O) groups excluding carboxylic acids is 2. The molecule has 0 bridgehead atoms. The quantitative estimate of drug-likeness (QED) is 0.188. The lowest BCUT2D eigenvalue weighted by Gasteiger charge is -2.47. The number of esters is 2. The van der Waals surface area contributed by atoms with Crippen LogP contribution >= 0.6 is 0 Å². The Bertz CT molecular complexity index is 611. The minimum Gasteiger partial charge on any atom is -0.481 e. The molecular weight excluding hydrogens is 477 g/mol. The molecule has 0 heterocycles. The molecule has 0 aromatic rings. The molecule has 0 aliphatic rings. The Balaban J connectivity index is 5.78. The van der Waals surface area contributed by atoms with Gasteiger partial charge in [-0.2, -0.15) is 0 Å². The molecule has 14 heteroatoms. The van der Waals surface area contributed by atoms with Crippen molar-refractivity contribution in [3.05, 3.63) is 0 Å². The summed E-state index contributed by atoms with van der Waals surface area (Å²) in [5.41, 5.74) is -5.19. The Morgan fingerprint density at radius 1 is 0.806 bits per heavy atom. The summed E-state index contributed by atoms with van der Waals surface area (Å²) in [6, 6.07) is 0.220. The molecule has 31 heavy (non-hydrogen) atoms. The van der Waals surface area contributed by atoms with Crippen molar-refractivity contribution >= 4 is 56.0 Å². The van der Waals surface area contributed by atoms with E-state index in [1.165, 1.54) is 34.6 Å². The van der Waals surface area contributed by atoms with Crippen molar-refractivity contribution in [1.82, 2.24) is 0 Å². The van der Waals surface area contributed by atoms with E-state index in [2.05, 4.69) is 0 Å². The predicted octanol–water partition coefficient (Wildman–Crippen LogP) is 1.16. The molecule has 1 atom stereocenters. The van der Waals surface area contributed by atoms with E-state index in [1.54, 1.807) is 0 Å². The predicted molar refractivity (Wildman–Crippen MR) is 116 cm³/mol. The van der Waals surface area contributed by atoms with Crippen molar-refractivity contribution in [3.8, 4) is 0 Å². The van der Waals surface area contributed by atoms with Crippen LogP contribution in [-0.4, -0.2) is 79.6 Å². The largest absolute Gasteiger partial charge is 0.481 e. The van der Waals surface area contributed by atoms with Gasteiger partial charge in [-0.25, -0.2) is 0 Å². The first-order valence-electron chi connectivity index (χ1n) is 9.47. The van der Waals surface area contributed by atoms with Crippen LogP contribution in [0.15, 0.2) is 0 Å². The lowest BCUT2D eigenvalue weighted by Crippen LogP contribution is -2.59. The molecule has 1 unspecified atom stereocenters. The summed E-state index contributed by atoms with van der Waals surface area (Å²) in [6.45, 7) is 11.3. The molecule has 0 aliphatic carbocycles. The Hall–Kier alpha value is -0.882. The monoisotopic (exact) mass is 508 g/mol. The Labute approximate surface area is 192 Å². The number of carbonyl (C=O) groups is 3. The summed E-state index contributed by atoms with van der Waals surface area (Å²) in [5, 5.41) is 18.8. The molecule has 2 N–H and O–H groups in total. The fourth-order valence-corrected chi connectivity index (χ4v) is 9.98. The third-order valence-electron chi connectivity index (χ3n) is 5.56. The summed E-state index contributed by atoms with van der Waals surface area (Å²) in [7, 11) is -2.62. The third-order valence-corrected chi connectivity index (χ3v) is 12.6. The number of aliphatic hydroxyl groups excluding tert-OH is 1. The van der Waals surface area contributed by atoms with Crippen LogP contribution < -0.4 is 0 Å². The second kappa shape index (κ2) is 12.4. The number of carboxylic acid groups (broad SMARTS) is 1. The number of rotatable bonds is 15. The van der Waals surface area contributed by atoms with E-state index < -0.39 is 49.8 Å². The summed E-state index contributed by atoms with van der Waals surface area (Å²) >= 11 is 0. The second-order valence-corrected chi connectivity index (χ2v) is 13.3. The number of hydrogen-bond acceptors (Lipinski definition) is 9. The average Bonchev–Trinajstić information content (AvgIpc) is 2.67. The van der Waals surface area contributed by atoms with Gasteiger partial charge in [0.1, 0.15) is 0 Å². The van der Waals surface area contributed by atoms with E-state index in [0.29, 0.717) is 0 Å². The third kappa shape index (κ3) is 6.56. The van der Waals surface area contributed by atoms with Crippen LogP contribution in [0.2, 0.25) is 25.7 Å². The molecule has 0 aromatic heterocycles. The van der Waals surface area contributed by atoms with E-state index in [9.17, 15) is 19.5 Å². The lowest BCUT2D eigenvalue weighted by atomic mass is 9.53. The van der Waals surface area contributed by atoms with E-state index >= 15 is 0 Å². The van der Waals surface area contributed by atoms with Crippen LogP contribution in [-0.2, 0) is 36.2 Å². The Morgan fingerprint density at radius 2 is 1.26 bits per heavy atom. The first kappa shape index (κ1) is 30.1. The molecule has 0 aliphatic heterocycles. The molecule has 176 valence electrons. The number of ether oxygens (including phenoxy) is 2. The van der Waals surface area contributed by atoms with Crippen LogP contribution in [0.1, 0.15) is 34.6 Å². The molecule has 0 amide bonds. The Kier molecular flexibility index (Phi) is 12.0. The number of carboxylic acids is 1. The average molecular weight is 509 g/mol. The maximum atomic E-state index is 13.1. The normalized spacial score (nSPS) is 14.6. The highest BCUT2D eigenvalue weighted by molar-refractivity contribution is 6.73. The number of aliphatic carboxylic acids is 1. The topological polar surface area (TPSA) is 138 Å². The zero-order valence-corrected chi connectivity index (χ0v) is 23.3. The van der Waals surface area contributed by atoms with E-state index in [1.807, 2.05) is 19.6 Å². The summed E-state index contributed by atoms with van der Waals surface area (Å²) in [5.74, 6) is -3.11.